The minimum absolute atomic E-state index is 0.0214. The van der Waals surface area contributed by atoms with Crippen molar-refractivity contribution in [3.05, 3.63) is 60.1 Å². The highest BCUT2D eigenvalue weighted by Crippen LogP contribution is 2.46. The van der Waals surface area contributed by atoms with Gasteiger partial charge in [-0.25, -0.2) is 12.7 Å². The number of hydrogen-bond acceptors (Lipinski definition) is 4. The standard InChI is InChI=1S/C20H26N2O3S/c1-2-26(23,24)22-11-10-20(17-7-4-3-5-8-17)16-21(13-18(20)14-22)15-19-9-6-12-25-19/h3-9,12,18H,2,10-11,13-16H2,1H3/t18-,20+/m0/s1. The Kier molecular flexibility index (Phi) is 4.67. The third kappa shape index (κ3) is 3.10. The van der Waals surface area contributed by atoms with Gasteiger partial charge in [-0.05, 0) is 37.0 Å². The molecule has 0 radical (unpaired) electrons. The Morgan fingerprint density at radius 2 is 1.96 bits per heavy atom. The van der Waals surface area contributed by atoms with Crippen molar-refractivity contribution in [2.24, 2.45) is 5.92 Å². The van der Waals surface area contributed by atoms with Gasteiger partial charge >= 0.3 is 0 Å². The molecular weight excluding hydrogens is 348 g/mol. The van der Waals surface area contributed by atoms with Gasteiger partial charge in [0.2, 0.25) is 10.0 Å². The third-order valence-corrected chi connectivity index (χ3v) is 7.91. The Morgan fingerprint density at radius 1 is 1.15 bits per heavy atom. The SMILES string of the molecule is CCS(=O)(=O)N1CC[C@]2(c3ccccc3)CN(Cc3ccco3)C[C@H]2C1. The Balaban J connectivity index is 1.63. The highest BCUT2D eigenvalue weighted by atomic mass is 32.2. The topological polar surface area (TPSA) is 53.8 Å². The van der Waals surface area contributed by atoms with Crippen molar-refractivity contribution in [1.82, 2.24) is 9.21 Å². The Hall–Kier alpha value is -1.63. The normalized spacial score (nSPS) is 27.5. The Morgan fingerprint density at radius 3 is 2.65 bits per heavy atom. The van der Waals surface area contributed by atoms with Gasteiger partial charge in [0.05, 0.1) is 18.6 Å². The molecule has 4 rings (SSSR count). The molecule has 1 aromatic carbocycles. The summed E-state index contributed by atoms with van der Waals surface area (Å²) in [6.07, 6.45) is 2.58. The second kappa shape index (κ2) is 6.83. The Bertz CT molecular complexity index is 835. The summed E-state index contributed by atoms with van der Waals surface area (Å²) in [7, 11) is -3.14. The van der Waals surface area contributed by atoms with E-state index in [1.807, 2.05) is 18.2 Å². The second-order valence-corrected chi connectivity index (χ2v) is 9.73. The molecule has 2 aromatic rings. The molecule has 0 saturated carbocycles. The largest absolute Gasteiger partial charge is 0.468 e. The van der Waals surface area contributed by atoms with Gasteiger partial charge in [-0.15, -0.1) is 0 Å². The molecule has 0 amide bonds. The summed E-state index contributed by atoms with van der Waals surface area (Å²) in [6, 6.07) is 14.5. The average Bonchev–Trinajstić information content (AvgIpc) is 3.29. The van der Waals surface area contributed by atoms with E-state index < -0.39 is 10.0 Å². The zero-order valence-electron chi connectivity index (χ0n) is 15.2. The van der Waals surface area contributed by atoms with E-state index in [0.29, 0.717) is 19.0 Å². The van der Waals surface area contributed by atoms with Crippen molar-refractivity contribution >= 4 is 10.0 Å². The van der Waals surface area contributed by atoms with Crippen LogP contribution >= 0.6 is 0 Å². The van der Waals surface area contributed by atoms with Crippen molar-refractivity contribution in [1.29, 1.82) is 0 Å². The number of furan rings is 1. The number of sulfonamides is 1. The maximum Gasteiger partial charge on any atom is 0.213 e. The summed E-state index contributed by atoms with van der Waals surface area (Å²) >= 11 is 0. The molecule has 2 atom stereocenters. The van der Waals surface area contributed by atoms with Crippen LogP contribution in [0.4, 0.5) is 0 Å². The maximum absolute atomic E-state index is 12.4. The van der Waals surface area contributed by atoms with Crippen LogP contribution in [0.3, 0.4) is 0 Å². The first-order chi connectivity index (χ1) is 12.5. The highest BCUT2D eigenvalue weighted by molar-refractivity contribution is 7.89. The molecule has 2 aliphatic heterocycles. The van der Waals surface area contributed by atoms with Crippen molar-refractivity contribution in [3.63, 3.8) is 0 Å². The molecule has 1 aromatic heterocycles. The minimum atomic E-state index is -3.14. The number of rotatable bonds is 5. The lowest BCUT2D eigenvalue weighted by Crippen LogP contribution is -2.51. The van der Waals surface area contributed by atoms with Gasteiger partial charge in [-0.3, -0.25) is 4.90 Å². The lowest BCUT2D eigenvalue weighted by atomic mass is 9.68. The molecule has 140 valence electrons. The maximum atomic E-state index is 12.4. The van der Waals surface area contributed by atoms with Crippen LogP contribution in [0.25, 0.3) is 0 Å². The second-order valence-electron chi connectivity index (χ2n) is 7.48. The molecule has 0 N–H and O–H groups in total. The number of piperidine rings is 1. The monoisotopic (exact) mass is 374 g/mol. The Labute approximate surface area is 155 Å². The number of benzene rings is 1. The molecule has 0 spiro atoms. The molecule has 2 aliphatic rings. The van der Waals surface area contributed by atoms with Gasteiger partial charge in [-0.2, -0.15) is 0 Å². The first-order valence-corrected chi connectivity index (χ1v) is 10.9. The highest BCUT2D eigenvalue weighted by Gasteiger charge is 2.51. The summed E-state index contributed by atoms with van der Waals surface area (Å²) in [4.78, 5) is 2.42. The lowest BCUT2D eigenvalue weighted by Gasteiger charge is -2.43. The smallest absolute Gasteiger partial charge is 0.213 e. The summed E-state index contributed by atoms with van der Waals surface area (Å²) in [5.41, 5.74) is 1.36. The predicted molar refractivity (Wildman–Crippen MR) is 101 cm³/mol. The van der Waals surface area contributed by atoms with E-state index >= 15 is 0 Å². The van der Waals surface area contributed by atoms with E-state index in [-0.39, 0.29) is 11.2 Å². The van der Waals surface area contributed by atoms with E-state index in [9.17, 15) is 8.42 Å². The van der Waals surface area contributed by atoms with Gasteiger partial charge in [0.15, 0.2) is 0 Å². The quantitative estimate of drug-likeness (QED) is 0.807. The molecule has 5 nitrogen and oxygen atoms in total. The number of fused-ring (bicyclic) bond motifs is 1. The summed E-state index contributed by atoms with van der Waals surface area (Å²) in [6.45, 7) is 5.56. The van der Waals surface area contributed by atoms with Crippen LogP contribution in [-0.2, 0) is 22.0 Å². The van der Waals surface area contributed by atoms with E-state index in [0.717, 1.165) is 31.8 Å². The van der Waals surface area contributed by atoms with Gasteiger partial charge in [0.1, 0.15) is 5.76 Å². The third-order valence-electron chi connectivity index (χ3n) is 6.06. The van der Waals surface area contributed by atoms with Crippen molar-refractivity contribution in [3.8, 4) is 0 Å². The summed E-state index contributed by atoms with van der Waals surface area (Å²) in [5.74, 6) is 1.44. The van der Waals surface area contributed by atoms with Crippen LogP contribution in [-0.4, -0.2) is 49.6 Å². The zero-order chi connectivity index (χ0) is 18.2. The molecule has 0 bridgehead atoms. The molecule has 0 aliphatic carbocycles. The van der Waals surface area contributed by atoms with E-state index in [1.165, 1.54) is 5.56 Å². The van der Waals surface area contributed by atoms with E-state index in [4.69, 9.17) is 4.42 Å². The first-order valence-electron chi connectivity index (χ1n) is 9.31. The van der Waals surface area contributed by atoms with Gasteiger partial charge in [0, 0.05) is 31.6 Å². The van der Waals surface area contributed by atoms with Crippen molar-refractivity contribution in [2.45, 2.75) is 25.3 Å². The molecule has 0 unspecified atom stereocenters. The number of nitrogens with zero attached hydrogens (tertiary/aromatic N) is 2. The fourth-order valence-corrected chi connectivity index (χ4v) is 5.82. The zero-order valence-corrected chi connectivity index (χ0v) is 16.0. The summed E-state index contributed by atoms with van der Waals surface area (Å²) in [5, 5.41) is 0. The fraction of sp³-hybridized carbons (Fsp3) is 0.500. The van der Waals surface area contributed by atoms with Crippen molar-refractivity contribution in [2.75, 3.05) is 31.9 Å². The lowest BCUT2D eigenvalue weighted by molar-refractivity contribution is 0.188. The van der Waals surface area contributed by atoms with Crippen LogP contribution in [0, 0.1) is 5.92 Å². The fourth-order valence-electron chi connectivity index (χ4n) is 4.68. The molecular formula is C20H26N2O3S. The van der Waals surface area contributed by atoms with Crippen molar-refractivity contribution < 1.29 is 12.8 Å². The average molecular weight is 375 g/mol. The van der Waals surface area contributed by atoms with E-state index in [2.05, 4.69) is 29.2 Å². The van der Waals surface area contributed by atoms with Crippen LogP contribution in [0.1, 0.15) is 24.7 Å². The van der Waals surface area contributed by atoms with Gasteiger partial charge < -0.3 is 4.42 Å². The number of likely N-dealkylation sites (tertiary alicyclic amines) is 1. The molecule has 2 saturated heterocycles. The first kappa shape index (κ1) is 17.8. The minimum Gasteiger partial charge on any atom is -0.468 e. The van der Waals surface area contributed by atoms with Gasteiger partial charge in [0.25, 0.3) is 0 Å². The molecule has 26 heavy (non-hydrogen) atoms. The van der Waals surface area contributed by atoms with Crippen LogP contribution in [0.5, 0.6) is 0 Å². The predicted octanol–water partition coefficient (Wildman–Crippen LogP) is 2.70. The molecule has 3 heterocycles. The van der Waals surface area contributed by atoms with Gasteiger partial charge in [-0.1, -0.05) is 30.3 Å². The summed E-state index contributed by atoms with van der Waals surface area (Å²) < 4.78 is 32.1. The van der Waals surface area contributed by atoms with E-state index in [1.54, 1.807) is 17.5 Å². The van der Waals surface area contributed by atoms with Crippen LogP contribution in [0.15, 0.2) is 53.1 Å². The molecule has 6 heteroatoms. The molecule has 2 fully saturated rings. The van der Waals surface area contributed by atoms with Crippen LogP contribution in [0.2, 0.25) is 0 Å². The number of hydrogen-bond donors (Lipinski definition) is 0. The van der Waals surface area contributed by atoms with Crippen LogP contribution < -0.4 is 0 Å².